The summed E-state index contributed by atoms with van der Waals surface area (Å²) in [6.45, 7) is 4.95. The zero-order chi connectivity index (χ0) is 13.7. The largest absolute Gasteiger partial charge is 0.352 e. The second-order valence-corrected chi connectivity index (χ2v) is 5.57. The lowest BCUT2D eigenvalue weighted by atomic mass is 9.84. The van der Waals surface area contributed by atoms with E-state index in [-0.39, 0.29) is 5.91 Å². The van der Waals surface area contributed by atoms with Crippen molar-refractivity contribution in [2.24, 2.45) is 18.9 Å². The summed E-state index contributed by atoms with van der Waals surface area (Å²) < 4.78 is 1.75. The van der Waals surface area contributed by atoms with Crippen LogP contribution >= 0.6 is 0 Å². The Morgan fingerprint density at radius 2 is 2.32 bits per heavy atom. The maximum atomic E-state index is 11.9. The van der Waals surface area contributed by atoms with Crippen LogP contribution in [0.3, 0.4) is 0 Å². The Morgan fingerprint density at radius 3 is 2.95 bits per heavy atom. The number of amides is 1. The highest BCUT2D eigenvalue weighted by molar-refractivity contribution is 5.76. The molecule has 1 atom stereocenters. The Bertz CT molecular complexity index is 409. The molecular formula is C14H24N4O. The first-order valence-corrected chi connectivity index (χ1v) is 7.10. The van der Waals surface area contributed by atoms with Crippen molar-refractivity contribution < 1.29 is 4.79 Å². The van der Waals surface area contributed by atoms with E-state index in [1.807, 2.05) is 13.2 Å². The summed E-state index contributed by atoms with van der Waals surface area (Å²) in [4.78, 5) is 11.9. The summed E-state index contributed by atoms with van der Waals surface area (Å²) in [5, 5.41) is 10.4. The van der Waals surface area contributed by atoms with Gasteiger partial charge in [-0.15, -0.1) is 0 Å². The van der Waals surface area contributed by atoms with Crippen molar-refractivity contribution >= 4 is 5.91 Å². The van der Waals surface area contributed by atoms with Crippen molar-refractivity contribution in [3.63, 3.8) is 0 Å². The van der Waals surface area contributed by atoms with Gasteiger partial charge < -0.3 is 10.6 Å². The molecule has 19 heavy (non-hydrogen) atoms. The number of rotatable bonds is 5. The van der Waals surface area contributed by atoms with Crippen molar-refractivity contribution in [1.29, 1.82) is 0 Å². The predicted molar refractivity (Wildman–Crippen MR) is 74.4 cm³/mol. The van der Waals surface area contributed by atoms with Crippen LogP contribution in [0.2, 0.25) is 0 Å². The molecule has 2 heterocycles. The third kappa shape index (κ3) is 4.35. The Kier molecular flexibility index (Phi) is 4.96. The fraction of sp³-hybridized carbons (Fsp3) is 0.714. The molecule has 2 N–H and O–H groups in total. The van der Waals surface area contributed by atoms with Crippen molar-refractivity contribution in [1.82, 2.24) is 20.4 Å². The van der Waals surface area contributed by atoms with Crippen molar-refractivity contribution in [3.8, 4) is 0 Å². The van der Waals surface area contributed by atoms with E-state index >= 15 is 0 Å². The summed E-state index contributed by atoms with van der Waals surface area (Å²) in [5.41, 5.74) is 1.05. The third-order valence-electron chi connectivity index (χ3n) is 3.94. The zero-order valence-corrected chi connectivity index (χ0v) is 11.9. The van der Waals surface area contributed by atoms with E-state index in [4.69, 9.17) is 0 Å². The minimum absolute atomic E-state index is 0.148. The van der Waals surface area contributed by atoms with Gasteiger partial charge in [0.2, 0.25) is 5.91 Å². The normalized spacial score (nSPS) is 18.2. The second-order valence-electron chi connectivity index (χ2n) is 5.57. The summed E-state index contributed by atoms with van der Waals surface area (Å²) in [6, 6.07) is 0. The Labute approximate surface area is 114 Å². The monoisotopic (exact) mass is 264 g/mol. The first kappa shape index (κ1) is 14.1. The van der Waals surface area contributed by atoms with Gasteiger partial charge in [-0.25, -0.2) is 0 Å². The first-order chi connectivity index (χ1) is 9.15. The smallest absolute Gasteiger partial charge is 0.220 e. The van der Waals surface area contributed by atoms with Gasteiger partial charge in [0.1, 0.15) is 0 Å². The Balaban J connectivity index is 1.71. The fourth-order valence-corrected chi connectivity index (χ4v) is 2.71. The highest BCUT2D eigenvalue weighted by atomic mass is 16.1. The molecule has 1 aliphatic heterocycles. The van der Waals surface area contributed by atoms with E-state index < -0.39 is 0 Å². The highest BCUT2D eigenvalue weighted by Crippen LogP contribution is 2.24. The zero-order valence-electron chi connectivity index (χ0n) is 11.9. The maximum absolute atomic E-state index is 11.9. The molecule has 1 aromatic heterocycles. The molecule has 106 valence electrons. The van der Waals surface area contributed by atoms with Gasteiger partial charge in [-0.2, -0.15) is 5.10 Å². The molecule has 0 bridgehead atoms. The molecule has 0 aliphatic carbocycles. The minimum Gasteiger partial charge on any atom is -0.352 e. The van der Waals surface area contributed by atoms with Gasteiger partial charge in [-0.1, -0.05) is 6.92 Å². The number of nitrogens with one attached hydrogen (secondary N) is 2. The highest BCUT2D eigenvalue weighted by Gasteiger charge is 2.21. The van der Waals surface area contributed by atoms with Crippen LogP contribution in [0.25, 0.3) is 0 Å². The molecule has 0 saturated carbocycles. The van der Waals surface area contributed by atoms with Gasteiger partial charge >= 0.3 is 0 Å². The van der Waals surface area contributed by atoms with E-state index in [2.05, 4.69) is 22.7 Å². The molecule has 5 nitrogen and oxygen atoms in total. The van der Waals surface area contributed by atoms with E-state index in [1.165, 1.54) is 12.8 Å². The fourth-order valence-electron chi connectivity index (χ4n) is 2.71. The molecule has 1 aliphatic rings. The van der Waals surface area contributed by atoms with Gasteiger partial charge in [0.05, 0.1) is 6.20 Å². The molecule has 0 radical (unpaired) electrons. The standard InChI is InChI=1S/C14H24N4O/c1-11(13-3-5-15-6-4-13)7-14(19)16-8-12-9-17-18(2)10-12/h9-11,13,15H,3-8H2,1-2H3,(H,16,19). The number of piperidine rings is 1. The quantitative estimate of drug-likeness (QED) is 0.836. The average molecular weight is 264 g/mol. The predicted octanol–water partition coefficient (Wildman–Crippen LogP) is 1.06. The van der Waals surface area contributed by atoms with Crippen molar-refractivity contribution in [3.05, 3.63) is 18.0 Å². The number of aromatic nitrogens is 2. The lowest BCUT2D eigenvalue weighted by molar-refractivity contribution is -0.122. The van der Waals surface area contributed by atoms with Crippen LogP contribution in [-0.2, 0) is 18.4 Å². The summed E-state index contributed by atoms with van der Waals surface area (Å²) in [5.74, 6) is 1.30. The van der Waals surface area contributed by atoms with Gasteiger partial charge in [0, 0.05) is 31.8 Å². The lowest BCUT2D eigenvalue weighted by Gasteiger charge is -2.27. The molecule has 1 amide bonds. The summed E-state index contributed by atoms with van der Waals surface area (Å²) in [7, 11) is 1.88. The van der Waals surface area contributed by atoms with E-state index in [0.717, 1.165) is 18.7 Å². The van der Waals surface area contributed by atoms with E-state index in [1.54, 1.807) is 10.9 Å². The first-order valence-electron chi connectivity index (χ1n) is 7.10. The molecule has 5 heteroatoms. The van der Waals surface area contributed by atoms with Crippen LogP contribution in [0.4, 0.5) is 0 Å². The number of carbonyl (C=O) groups is 1. The van der Waals surface area contributed by atoms with Crippen LogP contribution in [0.1, 0.15) is 31.7 Å². The molecule has 1 unspecified atom stereocenters. The topological polar surface area (TPSA) is 59.0 Å². The number of aryl methyl sites for hydroxylation is 1. The molecule has 2 rings (SSSR count). The van der Waals surface area contributed by atoms with Gasteiger partial charge in [-0.3, -0.25) is 9.48 Å². The van der Waals surface area contributed by atoms with E-state index in [9.17, 15) is 4.79 Å². The summed E-state index contributed by atoms with van der Waals surface area (Å²) in [6.07, 6.45) is 6.73. The minimum atomic E-state index is 0.148. The van der Waals surface area contributed by atoms with Crippen molar-refractivity contribution in [2.45, 2.75) is 32.7 Å². The lowest BCUT2D eigenvalue weighted by Crippen LogP contribution is -2.33. The van der Waals surface area contributed by atoms with Gasteiger partial charge in [0.25, 0.3) is 0 Å². The number of hydrogen-bond donors (Lipinski definition) is 2. The Morgan fingerprint density at radius 1 is 1.58 bits per heavy atom. The molecule has 0 spiro atoms. The summed E-state index contributed by atoms with van der Waals surface area (Å²) >= 11 is 0. The molecule has 1 saturated heterocycles. The maximum Gasteiger partial charge on any atom is 0.220 e. The van der Waals surface area contributed by atoms with Crippen LogP contribution in [0, 0.1) is 11.8 Å². The average Bonchev–Trinajstić information content (AvgIpc) is 2.83. The number of hydrogen-bond acceptors (Lipinski definition) is 3. The van der Waals surface area contributed by atoms with Gasteiger partial charge in [-0.05, 0) is 37.8 Å². The molecule has 1 aromatic rings. The van der Waals surface area contributed by atoms with E-state index in [0.29, 0.717) is 24.8 Å². The molecular weight excluding hydrogens is 240 g/mol. The number of carbonyl (C=O) groups excluding carboxylic acids is 1. The SMILES string of the molecule is CC(CC(=O)NCc1cnn(C)c1)C1CCNCC1. The van der Waals surface area contributed by atoms with Crippen LogP contribution < -0.4 is 10.6 Å². The second kappa shape index (κ2) is 6.70. The molecule has 0 aromatic carbocycles. The van der Waals surface area contributed by atoms with Crippen molar-refractivity contribution in [2.75, 3.05) is 13.1 Å². The van der Waals surface area contributed by atoms with Gasteiger partial charge in [0.15, 0.2) is 0 Å². The number of nitrogens with zero attached hydrogens (tertiary/aromatic N) is 2. The molecule has 1 fully saturated rings. The third-order valence-corrected chi connectivity index (χ3v) is 3.94. The van der Waals surface area contributed by atoms with Crippen LogP contribution in [0.15, 0.2) is 12.4 Å². The van der Waals surface area contributed by atoms with Crippen LogP contribution in [-0.4, -0.2) is 28.8 Å². The van der Waals surface area contributed by atoms with Crippen LogP contribution in [0.5, 0.6) is 0 Å². The Hall–Kier alpha value is -1.36.